The van der Waals surface area contributed by atoms with E-state index in [-0.39, 0.29) is 18.4 Å². The molecule has 0 aliphatic heterocycles. The molecule has 31 heavy (non-hydrogen) atoms. The maximum absolute atomic E-state index is 12.1. The van der Waals surface area contributed by atoms with Crippen molar-refractivity contribution in [1.29, 1.82) is 0 Å². The third kappa shape index (κ3) is 5.97. The quantitative estimate of drug-likeness (QED) is 0.460. The van der Waals surface area contributed by atoms with Crippen LogP contribution in [0.4, 0.5) is 0 Å². The number of aryl methyl sites for hydroxylation is 2. The molecule has 1 aromatic heterocycles. The number of aliphatic hydroxyl groups excluding tert-OH is 1. The predicted octanol–water partition coefficient (Wildman–Crippen LogP) is 2.89. The van der Waals surface area contributed by atoms with Gasteiger partial charge in [0.25, 0.3) is 0 Å². The molecular weight excluding hydrogens is 394 g/mol. The Kier molecular flexibility index (Phi) is 7.90. The molecule has 2 aromatic carbocycles. The summed E-state index contributed by atoms with van der Waals surface area (Å²) in [5.41, 5.74) is 3.43. The van der Waals surface area contributed by atoms with Crippen LogP contribution in [0.3, 0.4) is 0 Å². The molecular formula is C24H33N3O4. The molecule has 0 aliphatic rings. The molecule has 1 unspecified atom stereocenters. The Morgan fingerprint density at radius 2 is 1.74 bits per heavy atom. The fourth-order valence-corrected chi connectivity index (χ4v) is 3.45. The number of aromatic nitrogens is 2. The minimum Gasteiger partial charge on any atom is -0.491 e. The van der Waals surface area contributed by atoms with E-state index in [1.807, 2.05) is 56.3 Å². The van der Waals surface area contributed by atoms with Crippen molar-refractivity contribution >= 4 is 11.0 Å². The van der Waals surface area contributed by atoms with Gasteiger partial charge < -0.3 is 19.9 Å². The van der Waals surface area contributed by atoms with Gasteiger partial charge in [0.1, 0.15) is 18.5 Å². The minimum absolute atomic E-state index is 0.0867. The Hall–Kier alpha value is -2.61. The van der Waals surface area contributed by atoms with E-state index in [0.29, 0.717) is 5.75 Å². The second-order valence-electron chi connectivity index (χ2n) is 8.07. The SMILES string of the molecule is CC(C)OCCCNCc1ccc(OCC(O)c2ccc3c(c2)n(C)c(=O)n3C)cc1. The highest BCUT2D eigenvalue weighted by Crippen LogP contribution is 2.21. The van der Waals surface area contributed by atoms with E-state index >= 15 is 0 Å². The number of nitrogens with one attached hydrogen (secondary N) is 1. The Morgan fingerprint density at radius 3 is 2.45 bits per heavy atom. The van der Waals surface area contributed by atoms with E-state index in [1.165, 1.54) is 5.56 Å². The Morgan fingerprint density at radius 1 is 1.03 bits per heavy atom. The molecule has 7 heteroatoms. The second kappa shape index (κ2) is 10.6. The molecule has 0 radical (unpaired) electrons. The van der Waals surface area contributed by atoms with Crippen LogP contribution in [-0.4, -0.2) is 40.1 Å². The summed E-state index contributed by atoms with van der Waals surface area (Å²) in [5, 5.41) is 13.9. The van der Waals surface area contributed by atoms with E-state index < -0.39 is 6.10 Å². The minimum atomic E-state index is -0.783. The summed E-state index contributed by atoms with van der Waals surface area (Å²) in [7, 11) is 3.47. The molecule has 1 atom stereocenters. The summed E-state index contributed by atoms with van der Waals surface area (Å²) in [6, 6.07) is 13.4. The van der Waals surface area contributed by atoms with Crippen LogP contribution in [0.15, 0.2) is 47.3 Å². The molecule has 168 valence electrons. The fraction of sp³-hybridized carbons (Fsp3) is 0.458. The zero-order chi connectivity index (χ0) is 22.4. The Bertz CT molecular complexity index is 1040. The molecule has 3 rings (SSSR count). The van der Waals surface area contributed by atoms with Crippen molar-refractivity contribution in [1.82, 2.24) is 14.5 Å². The molecule has 0 spiro atoms. The van der Waals surface area contributed by atoms with Gasteiger partial charge in [0, 0.05) is 27.2 Å². The average Bonchev–Trinajstić information content (AvgIpc) is 2.98. The molecule has 0 bridgehead atoms. The molecule has 0 saturated carbocycles. The van der Waals surface area contributed by atoms with Crippen LogP contribution in [0, 0.1) is 0 Å². The number of aliphatic hydroxyl groups is 1. The smallest absolute Gasteiger partial charge is 0.328 e. The maximum Gasteiger partial charge on any atom is 0.328 e. The van der Waals surface area contributed by atoms with Crippen LogP contribution in [-0.2, 0) is 25.4 Å². The van der Waals surface area contributed by atoms with Crippen LogP contribution in [0.2, 0.25) is 0 Å². The van der Waals surface area contributed by atoms with Crippen LogP contribution in [0.5, 0.6) is 5.75 Å². The van der Waals surface area contributed by atoms with Gasteiger partial charge >= 0.3 is 5.69 Å². The van der Waals surface area contributed by atoms with Gasteiger partial charge in [-0.05, 0) is 62.2 Å². The largest absolute Gasteiger partial charge is 0.491 e. The highest BCUT2D eigenvalue weighted by atomic mass is 16.5. The first kappa shape index (κ1) is 23.1. The lowest BCUT2D eigenvalue weighted by Crippen LogP contribution is -2.19. The summed E-state index contributed by atoms with van der Waals surface area (Å²) in [6.07, 6.45) is 0.482. The van der Waals surface area contributed by atoms with Crippen molar-refractivity contribution in [2.45, 2.75) is 39.0 Å². The monoisotopic (exact) mass is 427 g/mol. The lowest BCUT2D eigenvalue weighted by Gasteiger charge is -2.14. The van der Waals surface area contributed by atoms with E-state index in [4.69, 9.17) is 9.47 Å². The number of hydrogen-bond acceptors (Lipinski definition) is 5. The number of benzene rings is 2. The zero-order valence-electron chi connectivity index (χ0n) is 18.8. The Labute approximate surface area is 183 Å². The summed E-state index contributed by atoms with van der Waals surface area (Å²) >= 11 is 0. The fourth-order valence-electron chi connectivity index (χ4n) is 3.45. The molecule has 0 saturated heterocycles. The number of ether oxygens (including phenoxy) is 2. The van der Waals surface area contributed by atoms with Crippen LogP contribution < -0.4 is 15.7 Å². The van der Waals surface area contributed by atoms with Crippen molar-refractivity contribution in [3.63, 3.8) is 0 Å². The molecule has 3 aromatic rings. The number of nitrogens with zero attached hydrogens (tertiary/aromatic N) is 2. The molecule has 2 N–H and O–H groups in total. The standard InChI is InChI=1S/C24H33N3O4/c1-17(2)30-13-5-12-25-15-18-6-9-20(10-7-18)31-16-23(28)19-8-11-21-22(14-19)27(4)24(29)26(21)3/h6-11,14,17,23,25,28H,5,12-13,15-16H2,1-4H3. The van der Waals surface area contributed by atoms with Gasteiger partial charge in [-0.3, -0.25) is 9.13 Å². The normalized spacial score (nSPS) is 12.6. The first-order valence-electron chi connectivity index (χ1n) is 10.7. The topological polar surface area (TPSA) is 77.7 Å². The molecule has 1 heterocycles. The van der Waals surface area contributed by atoms with Gasteiger partial charge in [-0.15, -0.1) is 0 Å². The molecule has 0 fully saturated rings. The van der Waals surface area contributed by atoms with Gasteiger partial charge in [0.15, 0.2) is 0 Å². The number of rotatable bonds is 11. The highest BCUT2D eigenvalue weighted by molar-refractivity contribution is 5.76. The predicted molar refractivity (Wildman–Crippen MR) is 122 cm³/mol. The van der Waals surface area contributed by atoms with Crippen molar-refractivity contribution in [2.75, 3.05) is 19.8 Å². The summed E-state index contributed by atoms with van der Waals surface area (Å²) in [4.78, 5) is 12.1. The van der Waals surface area contributed by atoms with Crippen LogP contribution >= 0.6 is 0 Å². The molecule has 7 nitrogen and oxygen atoms in total. The van der Waals surface area contributed by atoms with Crippen LogP contribution in [0.1, 0.15) is 37.5 Å². The van der Waals surface area contributed by atoms with Gasteiger partial charge in [-0.1, -0.05) is 18.2 Å². The zero-order valence-corrected chi connectivity index (χ0v) is 18.8. The van der Waals surface area contributed by atoms with Gasteiger partial charge in [-0.2, -0.15) is 0 Å². The van der Waals surface area contributed by atoms with E-state index in [0.717, 1.165) is 42.7 Å². The van der Waals surface area contributed by atoms with E-state index in [1.54, 1.807) is 23.2 Å². The van der Waals surface area contributed by atoms with Crippen molar-refractivity contribution in [3.8, 4) is 5.75 Å². The number of fused-ring (bicyclic) bond motifs is 1. The summed E-state index contributed by atoms with van der Waals surface area (Å²) < 4.78 is 14.5. The second-order valence-corrected chi connectivity index (χ2v) is 8.07. The van der Waals surface area contributed by atoms with Gasteiger partial charge in [-0.25, -0.2) is 4.79 Å². The van der Waals surface area contributed by atoms with Gasteiger partial charge in [0.05, 0.1) is 17.1 Å². The molecule has 0 aliphatic carbocycles. The van der Waals surface area contributed by atoms with Crippen molar-refractivity contribution < 1.29 is 14.6 Å². The lowest BCUT2D eigenvalue weighted by molar-refractivity contribution is 0.0770. The van der Waals surface area contributed by atoms with Crippen molar-refractivity contribution in [3.05, 3.63) is 64.1 Å². The first-order valence-corrected chi connectivity index (χ1v) is 10.7. The molecule has 0 amide bonds. The summed E-state index contributed by atoms with van der Waals surface area (Å²) in [6.45, 7) is 6.70. The third-order valence-electron chi connectivity index (χ3n) is 5.29. The average molecular weight is 428 g/mol. The van der Waals surface area contributed by atoms with E-state index in [2.05, 4.69) is 5.32 Å². The van der Waals surface area contributed by atoms with Crippen LogP contribution in [0.25, 0.3) is 11.0 Å². The first-order chi connectivity index (χ1) is 14.9. The number of imidazole rings is 1. The summed E-state index contributed by atoms with van der Waals surface area (Å²) in [5.74, 6) is 0.710. The lowest BCUT2D eigenvalue weighted by atomic mass is 10.1. The third-order valence-corrected chi connectivity index (χ3v) is 5.29. The Balaban J connectivity index is 1.48. The van der Waals surface area contributed by atoms with Crippen molar-refractivity contribution in [2.24, 2.45) is 14.1 Å². The van der Waals surface area contributed by atoms with Gasteiger partial charge in [0.2, 0.25) is 0 Å². The highest BCUT2D eigenvalue weighted by Gasteiger charge is 2.13. The number of hydrogen-bond donors (Lipinski definition) is 2. The maximum atomic E-state index is 12.1. The van der Waals surface area contributed by atoms with E-state index in [9.17, 15) is 9.90 Å².